The van der Waals surface area contributed by atoms with E-state index in [4.69, 9.17) is 9.72 Å². The van der Waals surface area contributed by atoms with Crippen LogP contribution in [0.3, 0.4) is 0 Å². The lowest BCUT2D eigenvalue weighted by Gasteiger charge is -2.37. The molecule has 0 radical (unpaired) electrons. The van der Waals surface area contributed by atoms with E-state index in [0.717, 1.165) is 82.5 Å². The van der Waals surface area contributed by atoms with Gasteiger partial charge in [0.15, 0.2) is 9.84 Å². The quantitative estimate of drug-likeness (QED) is 0.527. The summed E-state index contributed by atoms with van der Waals surface area (Å²) in [6.45, 7) is 6.84. The van der Waals surface area contributed by atoms with Gasteiger partial charge in [0.2, 0.25) is 0 Å². The molecule has 0 spiro atoms. The summed E-state index contributed by atoms with van der Waals surface area (Å²) in [5.41, 5.74) is 3.41. The van der Waals surface area contributed by atoms with Crippen LogP contribution in [0.2, 0.25) is 0 Å². The minimum Gasteiger partial charge on any atom is -0.378 e. The van der Waals surface area contributed by atoms with Crippen LogP contribution < -0.4 is 20.0 Å². The second kappa shape index (κ2) is 9.81. The summed E-state index contributed by atoms with van der Waals surface area (Å²) in [5, 5.41) is 4.63. The maximum atomic E-state index is 11.8. The highest BCUT2D eigenvalue weighted by Crippen LogP contribution is 2.39. The monoisotopic (exact) mass is 524 g/mol. The molecule has 2 aliphatic heterocycles. The van der Waals surface area contributed by atoms with Gasteiger partial charge < -0.3 is 29.3 Å². The zero-order valence-corrected chi connectivity index (χ0v) is 22.5. The van der Waals surface area contributed by atoms with Gasteiger partial charge in [-0.3, -0.25) is 0 Å². The van der Waals surface area contributed by atoms with E-state index < -0.39 is 9.84 Å². The van der Waals surface area contributed by atoms with Crippen molar-refractivity contribution < 1.29 is 13.2 Å². The predicted octanol–water partition coefficient (Wildman–Crippen LogP) is 2.53. The van der Waals surface area contributed by atoms with Gasteiger partial charge in [0.1, 0.15) is 11.5 Å². The number of anilines is 3. The number of hydrogen-bond donors (Lipinski definition) is 1. The summed E-state index contributed by atoms with van der Waals surface area (Å²) in [6.07, 6.45) is 5.83. The molecule has 9 nitrogen and oxygen atoms in total. The second-order valence-corrected chi connectivity index (χ2v) is 12.4. The van der Waals surface area contributed by atoms with Crippen molar-refractivity contribution in [1.82, 2.24) is 14.9 Å². The number of nitrogens with one attached hydrogen (secondary N) is 1. The molecular weight excluding hydrogens is 488 g/mol. The van der Waals surface area contributed by atoms with Gasteiger partial charge in [-0.2, -0.15) is 0 Å². The molecule has 3 fully saturated rings. The molecule has 1 saturated carbocycles. The maximum Gasteiger partial charge on any atom is 0.175 e. The average molecular weight is 525 g/mol. The van der Waals surface area contributed by atoms with Crippen molar-refractivity contribution in [2.45, 2.75) is 29.8 Å². The van der Waals surface area contributed by atoms with Crippen LogP contribution >= 0.6 is 0 Å². The molecule has 0 unspecified atom stereocenters. The standard InChI is InChI=1S/C27H36N6O3S/c1-28-20-17-22(18-20)33-19-25(31-13-15-36-16-14-31)24-7-8-26(29-27(24)33)32-11-9-30(10-12-32)21-3-5-23(6-4-21)37(2,34)35/h3-8,19-20,22,28H,9-18H2,1-2H3. The first-order chi connectivity index (χ1) is 17.9. The van der Waals surface area contributed by atoms with Crippen LogP contribution in [-0.4, -0.2) is 89.8 Å². The topological polar surface area (TPSA) is 82.9 Å². The molecule has 0 atom stereocenters. The Bertz CT molecular complexity index is 1350. The lowest BCUT2D eigenvalue weighted by molar-refractivity contribution is 0.123. The molecule has 2 aromatic heterocycles. The number of piperazine rings is 1. The normalized spacial score (nSPS) is 22.9. The van der Waals surface area contributed by atoms with E-state index >= 15 is 0 Å². The largest absolute Gasteiger partial charge is 0.378 e. The fraction of sp³-hybridized carbons (Fsp3) is 0.519. The van der Waals surface area contributed by atoms with Crippen LogP contribution in [0.25, 0.3) is 11.0 Å². The Morgan fingerprint density at radius 2 is 1.57 bits per heavy atom. The number of ether oxygens (including phenoxy) is 1. The minimum atomic E-state index is -3.18. The number of benzene rings is 1. The van der Waals surface area contributed by atoms with Gasteiger partial charge in [-0.25, -0.2) is 13.4 Å². The van der Waals surface area contributed by atoms with Gasteiger partial charge in [-0.15, -0.1) is 0 Å². The third kappa shape index (κ3) is 4.78. The molecule has 198 valence electrons. The van der Waals surface area contributed by atoms with E-state index in [1.54, 1.807) is 12.1 Å². The van der Waals surface area contributed by atoms with Crippen molar-refractivity contribution in [2.75, 3.05) is 80.5 Å². The van der Waals surface area contributed by atoms with Gasteiger partial charge in [0.05, 0.1) is 23.8 Å². The van der Waals surface area contributed by atoms with Crippen LogP contribution in [0.4, 0.5) is 17.2 Å². The predicted molar refractivity (Wildman–Crippen MR) is 148 cm³/mol. The molecule has 3 aliphatic rings. The van der Waals surface area contributed by atoms with E-state index in [9.17, 15) is 8.42 Å². The first kappa shape index (κ1) is 24.5. The summed E-state index contributed by atoms with van der Waals surface area (Å²) in [5.74, 6) is 1.02. The van der Waals surface area contributed by atoms with Crippen molar-refractivity contribution in [2.24, 2.45) is 0 Å². The highest BCUT2D eigenvalue weighted by Gasteiger charge is 2.32. The van der Waals surface area contributed by atoms with Gasteiger partial charge in [-0.1, -0.05) is 0 Å². The third-order valence-corrected chi connectivity index (χ3v) is 9.27. The lowest BCUT2D eigenvalue weighted by atomic mass is 9.87. The number of aromatic nitrogens is 2. The number of sulfone groups is 1. The summed E-state index contributed by atoms with van der Waals surface area (Å²) < 4.78 is 31.6. The highest BCUT2D eigenvalue weighted by molar-refractivity contribution is 7.90. The molecule has 10 heteroatoms. The average Bonchev–Trinajstić information content (AvgIpc) is 3.27. The maximum absolute atomic E-state index is 11.8. The molecule has 0 amide bonds. The van der Waals surface area contributed by atoms with Crippen molar-refractivity contribution in [3.8, 4) is 0 Å². The zero-order valence-electron chi connectivity index (χ0n) is 21.6. The summed E-state index contributed by atoms with van der Waals surface area (Å²) in [6, 6.07) is 12.7. The first-order valence-electron chi connectivity index (χ1n) is 13.2. The number of fused-ring (bicyclic) bond motifs is 1. The Kier molecular flexibility index (Phi) is 6.50. The molecule has 1 N–H and O–H groups in total. The number of pyridine rings is 1. The molecule has 4 heterocycles. The Morgan fingerprint density at radius 1 is 0.892 bits per heavy atom. The Hall–Kier alpha value is -2.82. The number of rotatable bonds is 6. The van der Waals surface area contributed by atoms with Gasteiger partial charge in [0.25, 0.3) is 0 Å². The van der Waals surface area contributed by atoms with Crippen LogP contribution in [-0.2, 0) is 14.6 Å². The van der Waals surface area contributed by atoms with Crippen LogP contribution in [0, 0.1) is 0 Å². The van der Waals surface area contributed by atoms with Gasteiger partial charge >= 0.3 is 0 Å². The van der Waals surface area contributed by atoms with Crippen LogP contribution in [0.1, 0.15) is 18.9 Å². The molecule has 1 aliphatic carbocycles. The number of nitrogens with zero attached hydrogens (tertiary/aromatic N) is 5. The van der Waals surface area contributed by atoms with Crippen molar-refractivity contribution in [3.05, 3.63) is 42.6 Å². The van der Waals surface area contributed by atoms with E-state index in [2.05, 4.69) is 42.9 Å². The lowest BCUT2D eigenvalue weighted by Crippen LogP contribution is -2.46. The summed E-state index contributed by atoms with van der Waals surface area (Å²) >= 11 is 0. The smallest absolute Gasteiger partial charge is 0.175 e. The molecule has 37 heavy (non-hydrogen) atoms. The SMILES string of the molecule is CNC1CC(n2cc(N3CCOCC3)c3ccc(N4CCN(c5ccc(S(C)(=O)=O)cc5)CC4)nc32)C1. The Balaban J connectivity index is 1.22. The summed E-state index contributed by atoms with van der Waals surface area (Å²) in [4.78, 5) is 12.7. The van der Waals surface area contributed by atoms with Crippen LogP contribution in [0.15, 0.2) is 47.5 Å². The van der Waals surface area contributed by atoms with Crippen molar-refractivity contribution >= 4 is 38.1 Å². The molecule has 1 aromatic carbocycles. The van der Waals surface area contributed by atoms with Crippen molar-refractivity contribution in [3.63, 3.8) is 0 Å². The summed E-state index contributed by atoms with van der Waals surface area (Å²) in [7, 11) is -1.14. The Labute approximate surface area is 218 Å². The van der Waals surface area contributed by atoms with E-state index in [0.29, 0.717) is 17.0 Å². The molecule has 0 bridgehead atoms. The first-order valence-corrected chi connectivity index (χ1v) is 15.1. The van der Waals surface area contributed by atoms with Crippen molar-refractivity contribution in [1.29, 1.82) is 0 Å². The van der Waals surface area contributed by atoms with Gasteiger partial charge in [-0.05, 0) is 56.3 Å². The third-order valence-electron chi connectivity index (χ3n) is 8.14. The Morgan fingerprint density at radius 3 is 2.22 bits per heavy atom. The molecule has 6 rings (SSSR count). The minimum absolute atomic E-state index is 0.361. The number of morpholine rings is 1. The van der Waals surface area contributed by atoms with Gasteiger partial charge in [0, 0.05) is 74.9 Å². The second-order valence-electron chi connectivity index (χ2n) is 10.4. The highest BCUT2D eigenvalue weighted by atomic mass is 32.2. The van der Waals surface area contributed by atoms with E-state index in [-0.39, 0.29) is 0 Å². The van der Waals surface area contributed by atoms with E-state index in [1.165, 1.54) is 17.3 Å². The number of hydrogen-bond acceptors (Lipinski definition) is 8. The fourth-order valence-electron chi connectivity index (χ4n) is 5.76. The molecular formula is C27H36N6O3S. The molecule has 2 saturated heterocycles. The fourth-order valence-corrected chi connectivity index (χ4v) is 6.39. The van der Waals surface area contributed by atoms with E-state index in [1.807, 2.05) is 19.2 Å². The molecule has 3 aromatic rings. The van der Waals surface area contributed by atoms with Crippen LogP contribution in [0.5, 0.6) is 0 Å². The zero-order chi connectivity index (χ0) is 25.6.